The number of nitrogens with zero attached hydrogens (tertiary/aromatic N) is 1. The molecule has 0 unspecified atom stereocenters. The normalized spacial score (nSPS) is 35.5. The van der Waals surface area contributed by atoms with E-state index >= 15 is 0 Å². The summed E-state index contributed by atoms with van der Waals surface area (Å²) >= 11 is 1.72. The zero-order valence-corrected chi connectivity index (χ0v) is 12.9. The van der Waals surface area contributed by atoms with E-state index in [0.29, 0.717) is 11.7 Å². The van der Waals surface area contributed by atoms with Crippen LogP contribution >= 0.6 is 11.8 Å². The maximum atomic E-state index is 12.4. The third-order valence-electron chi connectivity index (χ3n) is 4.72. The summed E-state index contributed by atoms with van der Waals surface area (Å²) in [5, 5.41) is 23.6. The number of carbonyl (C=O) groups is 2. The van der Waals surface area contributed by atoms with Gasteiger partial charge in [0.15, 0.2) is 5.41 Å². The molecule has 3 aliphatic heterocycles. The summed E-state index contributed by atoms with van der Waals surface area (Å²) in [7, 11) is 0. The molecule has 3 aliphatic rings. The molecule has 0 aromatic heterocycles. The van der Waals surface area contributed by atoms with E-state index in [0.717, 1.165) is 24.4 Å². The number of rotatable bonds is 4. The van der Waals surface area contributed by atoms with Gasteiger partial charge in [-0.15, -0.1) is 11.8 Å². The number of carbonyl (C=O) groups excluding carboxylic acids is 1. The maximum absolute atomic E-state index is 12.4. The Bertz CT molecular complexity index is 522. The van der Waals surface area contributed by atoms with Crippen LogP contribution in [0.1, 0.15) is 26.7 Å². The summed E-state index contributed by atoms with van der Waals surface area (Å²) in [6.45, 7) is 4.75. The third-order valence-corrected chi connectivity index (χ3v) is 6.03. The predicted molar refractivity (Wildman–Crippen MR) is 78.6 cm³/mol. The Morgan fingerprint density at radius 3 is 2.81 bits per heavy atom. The van der Waals surface area contributed by atoms with Crippen molar-refractivity contribution in [2.45, 2.75) is 43.6 Å². The van der Waals surface area contributed by atoms with Crippen LogP contribution in [0.4, 0.5) is 0 Å². The van der Waals surface area contributed by atoms with Crippen LogP contribution in [-0.2, 0) is 9.59 Å². The number of carboxylic acid groups (broad SMARTS) is 1. The van der Waals surface area contributed by atoms with Crippen molar-refractivity contribution in [1.82, 2.24) is 10.2 Å². The van der Waals surface area contributed by atoms with Crippen molar-refractivity contribution in [2.24, 2.45) is 5.41 Å². The van der Waals surface area contributed by atoms with Gasteiger partial charge < -0.3 is 20.4 Å². The van der Waals surface area contributed by atoms with Crippen LogP contribution in [0.5, 0.6) is 0 Å². The van der Waals surface area contributed by atoms with E-state index in [1.165, 1.54) is 18.7 Å². The average molecular weight is 312 g/mol. The van der Waals surface area contributed by atoms with Crippen LogP contribution in [0.15, 0.2) is 11.1 Å². The monoisotopic (exact) mass is 312 g/mol. The molecule has 3 rings (SSSR count). The lowest BCUT2D eigenvalue weighted by Crippen LogP contribution is -2.76. The highest BCUT2D eigenvalue weighted by atomic mass is 32.2. The molecule has 0 aromatic rings. The molecule has 2 saturated heterocycles. The molecule has 0 aliphatic carbocycles. The lowest BCUT2D eigenvalue weighted by molar-refractivity contribution is -0.206. The predicted octanol–water partition coefficient (Wildman–Crippen LogP) is 0.379. The number of β-lactam (4-membered cyclic amide) rings is 1. The second kappa shape index (κ2) is 4.72. The largest absolute Gasteiger partial charge is 0.480 e. The number of thioether (sulfide) groups is 1. The van der Waals surface area contributed by atoms with Crippen LogP contribution in [0.3, 0.4) is 0 Å². The van der Waals surface area contributed by atoms with Gasteiger partial charge in [-0.05, 0) is 26.8 Å². The van der Waals surface area contributed by atoms with Gasteiger partial charge in [-0.3, -0.25) is 9.59 Å². The molecule has 3 N–H and O–H groups in total. The van der Waals surface area contributed by atoms with Gasteiger partial charge in [0.05, 0.1) is 11.6 Å². The molecule has 7 heteroatoms. The lowest BCUT2D eigenvalue weighted by atomic mass is 9.61. The first-order valence-electron chi connectivity index (χ1n) is 7.15. The summed E-state index contributed by atoms with van der Waals surface area (Å²) in [6.07, 6.45) is 3.36. The highest BCUT2D eigenvalue weighted by Gasteiger charge is 2.73. The fourth-order valence-electron chi connectivity index (χ4n) is 3.62. The molecular weight excluding hydrogens is 292 g/mol. The van der Waals surface area contributed by atoms with E-state index in [4.69, 9.17) is 0 Å². The molecule has 0 saturated carbocycles. The molecule has 0 spiro atoms. The zero-order chi connectivity index (χ0) is 15.4. The van der Waals surface area contributed by atoms with Gasteiger partial charge in [-0.2, -0.15) is 0 Å². The summed E-state index contributed by atoms with van der Waals surface area (Å²) in [5.41, 5.74) is -3.31. The van der Waals surface area contributed by atoms with Crippen LogP contribution in [0.2, 0.25) is 0 Å². The fraction of sp³-hybridized carbons (Fsp3) is 0.714. The average Bonchev–Trinajstić information content (AvgIpc) is 2.96. The van der Waals surface area contributed by atoms with Crippen molar-refractivity contribution in [1.29, 1.82) is 0 Å². The van der Waals surface area contributed by atoms with E-state index < -0.39 is 28.9 Å². The van der Waals surface area contributed by atoms with Gasteiger partial charge in [0.25, 0.3) is 0 Å². The summed E-state index contributed by atoms with van der Waals surface area (Å²) in [6, 6.07) is -0.473. The van der Waals surface area contributed by atoms with E-state index in [2.05, 4.69) is 5.32 Å². The molecule has 1 amide bonds. The quantitative estimate of drug-likeness (QED) is 0.514. The number of carboxylic acids is 1. The second-order valence-electron chi connectivity index (χ2n) is 6.43. The molecule has 6 nitrogen and oxygen atoms in total. The first-order chi connectivity index (χ1) is 9.78. The fourth-order valence-corrected chi connectivity index (χ4v) is 4.91. The van der Waals surface area contributed by atoms with Gasteiger partial charge in [0.1, 0.15) is 0 Å². The van der Waals surface area contributed by atoms with Gasteiger partial charge in [-0.1, -0.05) is 0 Å². The van der Waals surface area contributed by atoms with Crippen molar-refractivity contribution in [3.63, 3.8) is 0 Å². The molecule has 0 bridgehead atoms. The van der Waals surface area contributed by atoms with E-state index in [1.54, 1.807) is 18.0 Å². The van der Waals surface area contributed by atoms with E-state index in [-0.39, 0.29) is 0 Å². The van der Waals surface area contributed by atoms with Gasteiger partial charge in [0.2, 0.25) is 5.91 Å². The number of aliphatic hydroxyl groups is 1. The molecular formula is C14H20N2O4S. The molecule has 116 valence electrons. The second-order valence-corrected chi connectivity index (χ2v) is 7.86. The van der Waals surface area contributed by atoms with Crippen molar-refractivity contribution >= 4 is 23.6 Å². The van der Waals surface area contributed by atoms with Crippen LogP contribution in [-0.4, -0.2) is 57.0 Å². The Hall–Kier alpha value is -1.05. The van der Waals surface area contributed by atoms with Crippen molar-refractivity contribution in [2.75, 3.05) is 13.1 Å². The maximum Gasteiger partial charge on any atom is 0.324 e. The minimum absolute atomic E-state index is 0.473. The number of hydrogen-bond donors (Lipinski definition) is 3. The Morgan fingerprint density at radius 1 is 1.57 bits per heavy atom. The van der Waals surface area contributed by atoms with Crippen LogP contribution in [0.25, 0.3) is 0 Å². The summed E-state index contributed by atoms with van der Waals surface area (Å²) in [5.74, 6) is -1.74. The first kappa shape index (κ1) is 14.9. The Kier molecular flexibility index (Phi) is 3.35. The van der Waals surface area contributed by atoms with Crippen molar-refractivity contribution < 1.29 is 19.8 Å². The SMILES string of the molecule is CC(C)(O)[C@@]1(C(=O)O)C(=O)N2C=C(S[C@H]3CCNC3)C[C@@H]21. The van der Waals surface area contributed by atoms with E-state index in [9.17, 15) is 19.8 Å². The summed E-state index contributed by atoms with van der Waals surface area (Å²) < 4.78 is 0. The van der Waals surface area contributed by atoms with Gasteiger partial charge in [-0.25, -0.2) is 0 Å². The first-order valence-corrected chi connectivity index (χ1v) is 8.03. The highest BCUT2D eigenvalue weighted by Crippen LogP contribution is 2.54. The Balaban J connectivity index is 1.80. The van der Waals surface area contributed by atoms with Crippen LogP contribution in [0, 0.1) is 5.41 Å². The Morgan fingerprint density at radius 2 is 2.29 bits per heavy atom. The molecule has 0 aromatic carbocycles. The number of amides is 1. The third kappa shape index (κ3) is 1.94. The molecule has 0 radical (unpaired) electrons. The molecule has 3 atom stereocenters. The van der Waals surface area contributed by atoms with Crippen LogP contribution < -0.4 is 5.32 Å². The number of hydrogen-bond acceptors (Lipinski definition) is 5. The standard InChI is InChI=1S/C14H20N2O4S/c1-13(2,20)14(12(18)19)10-5-9(7-16(10)11(14)17)21-8-3-4-15-6-8/h7-8,10,15,20H,3-6H2,1-2H3,(H,18,19)/t8-,10+,14+/m0/s1. The van der Waals surface area contributed by atoms with Gasteiger partial charge >= 0.3 is 5.97 Å². The molecule has 3 heterocycles. The molecule has 2 fully saturated rings. The zero-order valence-electron chi connectivity index (χ0n) is 12.1. The van der Waals surface area contributed by atoms with Crippen molar-refractivity contribution in [3.8, 4) is 0 Å². The minimum Gasteiger partial charge on any atom is -0.480 e. The topological polar surface area (TPSA) is 89.9 Å². The van der Waals surface area contributed by atoms with Crippen molar-refractivity contribution in [3.05, 3.63) is 11.1 Å². The molecule has 21 heavy (non-hydrogen) atoms. The Labute approximate surface area is 127 Å². The van der Waals surface area contributed by atoms with Gasteiger partial charge in [0, 0.05) is 29.3 Å². The number of nitrogens with one attached hydrogen (secondary N) is 1. The lowest BCUT2D eigenvalue weighted by Gasteiger charge is -2.54. The smallest absolute Gasteiger partial charge is 0.324 e. The summed E-state index contributed by atoms with van der Waals surface area (Å²) in [4.78, 5) is 26.6. The number of aliphatic carboxylic acids is 1. The minimum atomic E-state index is -1.72. The van der Waals surface area contributed by atoms with E-state index in [1.807, 2.05) is 0 Å². The number of fused-ring (bicyclic) bond motifs is 1. The highest BCUT2D eigenvalue weighted by molar-refractivity contribution is 8.03.